The molecule has 130 valence electrons. The third-order valence-corrected chi connectivity index (χ3v) is 4.74. The molecule has 0 saturated carbocycles. The van der Waals surface area contributed by atoms with Gasteiger partial charge in [-0.15, -0.1) is 5.10 Å². The molecule has 26 heavy (non-hydrogen) atoms. The van der Waals surface area contributed by atoms with Crippen molar-refractivity contribution >= 4 is 35.0 Å². The molecule has 2 amide bonds. The molecule has 0 saturated heterocycles. The highest BCUT2D eigenvalue weighted by molar-refractivity contribution is 7.99. The van der Waals surface area contributed by atoms with Gasteiger partial charge in [-0.1, -0.05) is 54.2 Å². The summed E-state index contributed by atoms with van der Waals surface area (Å²) in [5.74, 6) is 0.436. The van der Waals surface area contributed by atoms with E-state index in [0.29, 0.717) is 22.4 Å². The van der Waals surface area contributed by atoms with Crippen LogP contribution < -0.4 is 10.2 Å². The fourth-order valence-electron chi connectivity index (χ4n) is 2.70. The van der Waals surface area contributed by atoms with Gasteiger partial charge in [0, 0.05) is 5.56 Å². The van der Waals surface area contributed by atoms with Gasteiger partial charge >= 0.3 is 0 Å². The molecule has 1 aliphatic heterocycles. The van der Waals surface area contributed by atoms with E-state index in [9.17, 15) is 9.59 Å². The first-order valence-electron chi connectivity index (χ1n) is 8.00. The van der Waals surface area contributed by atoms with Gasteiger partial charge < -0.3 is 10.2 Å². The summed E-state index contributed by atoms with van der Waals surface area (Å²) in [5, 5.41) is 10.3. The van der Waals surface area contributed by atoms with Gasteiger partial charge in [0.05, 0.1) is 17.1 Å². The predicted octanol–water partition coefficient (Wildman–Crippen LogP) is 2.55. The molecule has 2 aromatic carbocycles. The Hall–Kier alpha value is -3.13. The number of hydrogen-bond acceptors (Lipinski definition) is 5. The Kier molecular flexibility index (Phi) is 4.40. The standard InChI is InChI=1S/C18H15N5O2S/c24-15-10-23(14-9-5-4-8-13(14)19-15)16(25)11-26-18-20-17(21-22-18)12-6-2-1-3-7-12/h1-9H,10-11H2,(H,19,24)(H,20,21,22). The number of carbonyl (C=O) groups excluding carboxylic acids is 2. The van der Waals surface area contributed by atoms with E-state index in [0.717, 1.165) is 5.56 Å². The van der Waals surface area contributed by atoms with Gasteiger partial charge in [0.15, 0.2) is 5.82 Å². The minimum absolute atomic E-state index is 0.0136. The number of fused-ring (bicyclic) bond motifs is 1. The second-order valence-corrected chi connectivity index (χ2v) is 6.61. The number of anilines is 2. The van der Waals surface area contributed by atoms with Crippen molar-refractivity contribution in [3.8, 4) is 11.4 Å². The molecule has 0 radical (unpaired) electrons. The topological polar surface area (TPSA) is 91.0 Å². The van der Waals surface area contributed by atoms with Crippen LogP contribution in [0.2, 0.25) is 0 Å². The number of thioether (sulfide) groups is 1. The molecule has 0 fully saturated rings. The highest BCUT2D eigenvalue weighted by Gasteiger charge is 2.26. The largest absolute Gasteiger partial charge is 0.323 e. The zero-order chi connectivity index (χ0) is 17.9. The van der Waals surface area contributed by atoms with E-state index in [4.69, 9.17) is 0 Å². The number of hydrogen-bond donors (Lipinski definition) is 2. The van der Waals surface area contributed by atoms with Gasteiger partial charge in [0.25, 0.3) is 0 Å². The Morgan fingerprint density at radius 2 is 1.88 bits per heavy atom. The number of para-hydroxylation sites is 2. The summed E-state index contributed by atoms with van der Waals surface area (Å²) in [6.07, 6.45) is 0. The van der Waals surface area contributed by atoms with Crippen LogP contribution in [0.1, 0.15) is 0 Å². The van der Waals surface area contributed by atoms with Crippen LogP contribution in [0.5, 0.6) is 0 Å². The van der Waals surface area contributed by atoms with Gasteiger partial charge in [-0.3, -0.25) is 14.7 Å². The summed E-state index contributed by atoms with van der Waals surface area (Å²) in [7, 11) is 0. The lowest BCUT2D eigenvalue weighted by Gasteiger charge is -2.28. The molecule has 4 rings (SSSR count). The third-order valence-electron chi connectivity index (χ3n) is 3.91. The molecule has 2 N–H and O–H groups in total. The lowest BCUT2D eigenvalue weighted by atomic mass is 10.2. The summed E-state index contributed by atoms with van der Waals surface area (Å²) in [4.78, 5) is 30.3. The van der Waals surface area contributed by atoms with Gasteiger partial charge in [-0.25, -0.2) is 4.98 Å². The molecule has 2 heterocycles. The van der Waals surface area contributed by atoms with Crippen molar-refractivity contribution in [1.82, 2.24) is 15.2 Å². The number of amides is 2. The highest BCUT2D eigenvalue weighted by Crippen LogP contribution is 2.29. The van der Waals surface area contributed by atoms with Crippen molar-refractivity contribution in [2.75, 3.05) is 22.5 Å². The Morgan fingerprint density at radius 3 is 2.73 bits per heavy atom. The predicted molar refractivity (Wildman–Crippen MR) is 100.0 cm³/mol. The van der Waals surface area contributed by atoms with Crippen LogP contribution in [0.4, 0.5) is 11.4 Å². The molecule has 0 unspecified atom stereocenters. The Balaban J connectivity index is 1.45. The molecular formula is C18H15N5O2S. The summed E-state index contributed by atoms with van der Waals surface area (Å²) in [5.41, 5.74) is 2.28. The minimum Gasteiger partial charge on any atom is -0.323 e. The lowest BCUT2D eigenvalue weighted by Crippen LogP contribution is -2.43. The van der Waals surface area contributed by atoms with E-state index in [1.807, 2.05) is 48.5 Å². The van der Waals surface area contributed by atoms with E-state index in [1.165, 1.54) is 16.7 Å². The number of nitrogens with one attached hydrogen (secondary N) is 2. The molecule has 0 atom stereocenters. The number of benzene rings is 2. The van der Waals surface area contributed by atoms with Crippen LogP contribution in [0, 0.1) is 0 Å². The van der Waals surface area contributed by atoms with Crippen LogP contribution >= 0.6 is 11.8 Å². The number of rotatable bonds is 4. The summed E-state index contributed by atoms with van der Waals surface area (Å²) in [6.45, 7) is 0.0136. The van der Waals surface area contributed by atoms with Crippen molar-refractivity contribution < 1.29 is 9.59 Å². The average Bonchev–Trinajstić information content (AvgIpc) is 3.15. The monoisotopic (exact) mass is 365 g/mol. The van der Waals surface area contributed by atoms with Crippen LogP contribution in [0.3, 0.4) is 0 Å². The molecule has 1 aliphatic rings. The van der Waals surface area contributed by atoms with Crippen molar-refractivity contribution in [3.05, 3.63) is 54.6 Å². The summed E-state index contributed by atoms with van der Waals surface area (Å²) in [6, 6.07) is 16.9. The molecule has 1 aromatic heterocycles. The van der Waals surface area contributed by atoms with E-state index in [-0.39, 0.29) is 24.1 Å². The minimum atomic E-state index is -0.202. The third kappa shape index (κ3) is 3.31. The quantitative estimate of drug-likeness (QED) is 0.694. The van der Waals surface area contributed by atoms with E-state index >= 15 is 0 Å². The second kappa shape index (κ2) is 7.01. The second-order valence-electron chi connectivity index (χ2n) is 5.67. The number of H-pyrrole nitrogens is 1. The van der Waals surface area contributed by atoms with Crippen molar-refractivity contribution in [3.63, 3.8) is 0 Å². The average molecular weight is 365 g/mol. The molecule has 7 nitrogen and oxygen atoms in total. The number of aromatic amines is 1. The Bertz CT molecular complexity index is 957. The first-order valence-corrected chi connectivity index (χ1v) is 8.99. The van der Waals surface area contributed by atoms with Crippen LogP contribution in [0.15, 0.2) is 59.8 Å². The van der Waals surface area contributed by atoms with Crippen LogP contribution in [-0.4, -0.2) is 39.3 Å². The van der Waals surface area contributed by atoms with Gasteiger partial charge in [0.1, 0.15) is 6.54 Å². The fourth-order valence-corrected chi connectivity index (χ4v) is 3.37. The zero-order valence-corrected chi connectivity index (χ0v) is 14.5. The SMILES string of the molecule is O=C1CN(C(=O)CSc2n[nH]c(-c3ccccc3)n2)c2ccccc2N1. The normalized spacial score (nSPS) is 13.2. The van der Waals surface area contributed by atoms with Gasteiger partial charge in [-0.05, 0) is 12.1 Å². The van der Waals surface area contributed by atoms with Crippen molar-refractivity contribution in [2.45, 2.75) is 5.16 Å². The fraction of sp³-hybridized carbons (Fsp3) is 0.111. The number of carbonyl (C=O) groups is 2. The lowest BCUT2D eigenvalue weighted by molar-refractivity contribution is -0.120. The molecule has 8 heteroatoms. The number of aromatic nitrogens is 3. The maximum absolute atomic E-state index is 12.6. The van der Waals surface area contributed by atoms with Gasteiger partial charge in [-0.2, -0.15) is 0 Å². The smallest absolute Gasteiger partial charge is 0.244 e. The maximum Gasteiger partial charge on any atom is 0.244 e. The van der Waals surface area contributed by atoms with E-state index in [1.54, 1.807) is 6.07 Å². The molecular weight excluding hydrogens is 350 g/mol. The Labute approximate surface area is 153 Å². The summed E-state index contributed by atoms with van der Waals surface area (Å²) >= 11 is 1.24. The molecule has 0 bridgehead atoms. The van der Waals surface area contributed by atoms with Crippen molar-refractivity contribution in [1.29, 1.82) is 0 Å². The maximum atomic E-state index is 12.6. The molecule has 0 spiro atoms. The molecule has 0 aliphatic carbocycles. The first-order chi connectivity index (χ1) is 12.7. The molecule has 3 aromatic rings. The van der Waals surface area contributed by atoms with Gasteiger partial charge in [0.2, 0.25) is 17.0 Å². The van der Waals surface area contributed by atoms with E-state index in [2.05, 4.69) is 20.5 Å². The van der Waals surface area contributed by atoms with Crippen LogP contribution in [-0.2, 0) is 9.59 Å². The van der Waals surface area contributed by atoms with Crippen molar-refractivity contribution in [2.24, 2.45) is 0 Å². The Morgan fingerprint density at radius 1 is 1.12 bits per heavy atom. The number of nitrogens with zero attached hydrogens (tertiary/aromatic N) is 3. The first kappa shape index (κ1) is 16.3. The summed E-state index contributed by atoms with van der Waals surface area (Å²) < 4.78 is 0. The van der Waals surface area contributed by atoms with Crippen LogP contribution in [0.25, 0.3) is 11.4 Å². The van der Waals surface area contributed by atoms with E-state index < -0.39 is 0 Å². The zero-order valence-electron chi connectivity index (χ0n) is 13.7. The highest BCUT2D eigenvalue weighted by atomic mass is 32.2.